The smallest absolute Gasteiger partial charge is 0.230 e. The van der Waals surface area contributed by atoms with Gasteiger partial charge in [0.1, 0.15) is 5.82 Å². The van der Waals surface area contributed by atoms with Crippen molar-refractivity contribution in [2.45, 2.75) is 36.8 Å². The molecule has 1 amide bonds. The van der Waals surface area contributed by atoms with Crippen LogP contribution in [0, 0.1) is 0 Å². The molecular weight excluding hydrogens is 368 g/mol. The van der Waals surface area contributed by atoms with Crippen LogP contribution in [-0.4, -0.2) is 33.0 Å². The molecule has 0 bridgehead atoms. The second-order valence-corrected chi connectivity index (χ2v) is 7.94. The summed E-state index contributed by atoms with van der Waals surface area (Å²) in [7, 11) is 0. The predicted octanol–water partition coefficient (Wildman–Crippen LogP) is 3.99. The summed E-state index contributed by atoms with van der Waals surface area (Å²) in [4.78, 5) is 16.8. The number of aromatic nitrogens is 3. The summed E-state index contributed by atoms with van der Waals surface area (Å²) in [6, 6.07) is 20.4. The van der Waals surface area contributed by atoms with Gasteiger partial charge in [0.15, 0.2) is 0 Å². The summed E-state index contributed by atoms with van der Waals surface area (Å²) in [5, 5.41) is 8.30. The molecule has 2 aromatic carbocycles. The third kappa shape index (κ3) is 5.01. The van der Waals surface area contributed by atoms with E-state index in [9.17, 15) is 4.79 Å². The van der Waals surface area contributed by atoms with Gasteiger partial charge in [-0.2, -0.15) is 0 Å². The molecule has 0 atom stereocenters. The zero-order valence-electron chi connectivity index (χ0n) is 15.8. The van der Waals surface area contributed by atoms with Crippen LogP contribution in [0.3, 0.4) is 0 Å². The first kappa shape index (κ1) is 18.7. The van der Waals surface area contributed by atoms with Gasteiger partial charge in [-0.3, -0.25) is 4.79 Å². The summed E-state index contributed by atoms with van der Waals surface area (Å²) in [6.07, 6.45) is 4.24. The van der Waals surface area contributed by atoms with Crippen molar-refractivity contribution in [3.8, 4) is 5.69 Å². The fraction of sp³-hybridized carbons (Fsp3) is 0.318. The van der Waals surface area contributed by atoms with Crippen LogP contribution in [0.5, 0.6) is 0 Å². The van der Waals surface area contributed by atoms with E-state index in [0.29, 0.717) is 23.4 Å². The van der Waals surface area contributed by atoms with Crippen molar-refractivity contribution in [2.75, 3.05) is 12.3 Å². The van der Waals surface area contributed by atoms with Crippen LogP contribution in [0.1, 0.15) is 36.6 Å². The average molecular weight is 393 g/mol. The minimum atomic E-state index is 0.0297. The highest BCUT2D eigenvalue weighted by Crippen LogP contribution is 2.40. The highest BCUT2D eigenvalue weighted by Gasteiger charge is 2.30. The Bertz CT molecular complexity index is 907. The van der Waals surface area contributed by atoms with Crippen molar-refractivity contribution < 1.29 is 4.79 Å². The molecule has 0 saturated heterocycles. The maximum Gasteiger partial charge on any atom is 0.230 e. The van der Waals surface area contributed by atoms with Crippen LogP contribution >= 0.6 is 11.8 Å². The normalized spacial score (nSPS) is 13.4. The zero-order valence-corrected chi connectivity index (χ0v) is 16.6. The zero-order chi connectivity index (χ0) is 19.2. The Morgan fingerprint density at radius 3 is 2.50 bits per heavy atom. The minimum Gasteiger partial charge on any atom is -0.355 e. The number of nitrogens with zero attached hydrogens (tertiary/aromatic N) is 3. The van der Waals surface area contributed by atoms with E-state index in [2.05, 4.69) is 22.5 Å². The lowest BCUT2D eigenvalue weighted by atomic mass is 10.1. The van der Waals surface area contributed by atoms with E-state index < -0.39 is 0 Å². The van der Waals surface area contributed by atoms with Gasteiger partial charge in [0.05, 0.1) is 11.4 Å². The first-order chi connectivity index (χ1) is 13.8. The van der Waals surface area contributed by atoms with Gasteiger partial charge >= 0.3 is 0 Å². The van der Waals surface area contributed by atoms with Crippen molar-refractivity contribution in [1.29, 1.82) is 0 Å². The van der Waals surface area contributed by atoms with Crippen molar-refractivity contribution >= 4 is 17.7 Å². The molecular formula is C22H24N4OS. The number of carbonyl (C=O) groups is 1. The summed E-state index contributed by atoms with van der Waals surface area (Å²) < 4.78 is 1.93. The molecule has 28 heavy (non-hydrogen) atoms. The van der Waals surface area contributed by atoms with E-state index >= 15 is 0 Å². The van der Waals surface area contributed by atoms with Gasteiger partial charge in [0.2, 0.25) is 11.1 Å². The van der Waals surface area contributed by atoms with Gasteiger partial charge in [0, 0.05) is 12.5 Å². The van der Waals surface area contributed by atoms with Crippen molar-refractivity contribution in [1.82, 2.24) is 20.1 Å². The summed E-state index contributed by atoms with van der Waals surface area (Å²) in [6.45, 7) is 0.688. The van der Waals surface area contributed by atoms with Gasteiger partial charge < -0.3 is 5.32 Å². The first-order valence-electron chi connectivity index (χ1n) is 9.75. The number of para-hydroxylation sites is 1. The monoisotopic (exact) mass is 392 g/mol. The number of aryl methyl sites for hydroxylation is 1. The summed E-state index contributed by atoms with van der Waals surface area (Å²) in [5.74, 6) is 1.88. The van der Waals surface area contributed by atoms with Crippen LogP contribution in [0.25, 0.3) is 5.69 Å². The number of amides is 1. The van der Waals surface area contributed by atoms with E-state index in [1.165, 1.54) is 17.3 Å². The van der Waals surface area contributed by atoms with Crippen molar-refractivity contribution in [2.24, 2.45) is 0 Å². The Hall–Kier alpha value is -2.60. The molecule has 5 nitrogen and oxygen atoms in total. The van der Waals surface area contributed by atoms with Crippen molar-refractivity contribution in [3.05, 3.63) is 72.1 Å². The Kier molecular flexibility index (Phi) is 6.07. The standard InChI is InChI=1S/C22H24N4OS/c27-20(23-15-7-10-17-8-3-1-4-9-17)16-28-22-24-21(18-13-14-18)26(25-22)19-11-5-2-6-12-19/h1-6,8-9,11-12,18H,7,10,13-16H2,(H,23,27). The third-order valence-electron chi connectivity index (χ3n) is 4.70. The maximum atomic E-state index is 12.1. The summed E-state index contributed by atoms with van der Waals surface area (Å²) in [5.41, 5.74) is 2.32. The lowest BCUT2D eigenvalue weighted by molar-refractivity contribution is -0.118. The maximum absolute atomic E-state index is 12.1. The Morgan fingerprint density at radius 2 is 1.79 bits per heavy atom. The largest absolute Gasteiger partial charge is 0.355 e. The van der Waals surface area contributed by atoms with Crippen LogP contribution in [0.15, 0.2) is 65.8 Å². The number of nitrogens with one attached hydrogen (secondary N) is 1. The third-order valence-corrected chi connectivity index (χ3v) is 5.53. The molecule has 0 radical (unpaired) electrons. The molecule has 1 N–H and O–H groups in total. The average Bonchev–Trinajstić information content (AvgIpc) is 3.50. The minimum absolute atomic E-state index is 0.0297. The van der Waals surface area contributed by atoms with E-state index in [1.54, 1.807) is 0 Å². The SMILES string of the molecule is O=C(CSc1nc(C2CC2)n(-c2ccccc2)n1)NCCCc1ccccc1. The molecule has 1 heterocycles. The molecule has 0 spiro atoms. The quantitative estimate of drug-likeness (QED) is 0.442. The van der Waals surface area contributed by atoms with Gasteiger partial charge in [-0.15, -0.1) is 5.10 Å². The fourth-order valence-electron chi connectivity index (χ4n) is 3.08. The van der Waals surface area contributed by atoms with E-state index in [1.807, 2.05) is 53.2 Å². The number of thioether (sulfide) groups is 1. The molecule has 144 valence electrons. The second kappa shape index (κ2) is 9.06. The molecule has 3 aromatic rings. The molecule has 0 unspecified atom stereocenters. The van der Waals surface area contributed by atoms with Crippen LogP contribution in [0.2, 0.25) is 0 Å². The van der Waals surface area contributed by atoms with Crippen LogP contribution in [-0.2, 0) is 11.2 Å². The lowest BCUT2D eigenvalue weighted by Gasteiger charge is -2.04. The summed E-state index contributed by atoms with van der Waals surface area (Å²) >= 11 is 1.40. The molecule has 1 saturated carbocycles. The fourth-order valence-corrected chi connectivity index (χ4v) is 3.74. The van der Waals surface area contributed by atoms with E-state index in [4.69, 9.17) is 4.98 Å². The Morgan fingerprint density at radius 1 is 1.07 bits per heavy atom. The van der Waals surface area contributed by atoms with Crippen LogP contribution in [0.4, 0.5) is 0 Å². The molecule has 6 heteroatoms. The molecule has 0 aliphatic heterocycles. The lowest BCUT2D eigenvalue weighted by Crippen LogP contribution is -2.26. The molecule has 4 rings (SSSR count). The number of carbonyl (C=O) groups excluding carboxylic acids is 1. The molecule has 1 fully saturated rings. The number of rotatable bonds is 9. The number of benzene rings is 2. The highest BCUT2D eigenvalue weighted by atomic mass is 32.2. The van der Waals surface area contributed by atoms with E-state index in [0.717, 1.165) is 37.2 Å². The van der Waals surface area contributed by atoms with Gasteiger partial charge in [-0.25, -0.2) is 9.67 Å². The second-order valence-electron chi connectivity index (χ2n) is 7.00. The van der Waals surface area contributed by atoms with Crippen molar-refractivity contribution in [3.63, 3.8) is 0 Å². The Labute approximate surface area is 169 Å². The first-order valence-corrected chi connectivity index (χ1v) is 10.7. The van der Waals surface area contributed by atoms with Gasteiger partial charge in [-0.05, 0) is 43.4 Å². The number of hydrogen-bond donors (Lipinski definition) is 1. The van der Waals surface area contributed by atoms with Gasteiger partial charge in [0.25, 0.3) is 0 Å². The van der Waals surface area contributed by atoms with Gasteiger partial charge in [-0.1, -0.05) is 60.3 Å². The molecule has 1 aliphatic rings. The topological polar surface area (TPSA) is 59.8 Å². The number of hydrogen-bond acceptors (Lipinski definition) is 4. The highest BCUT2D eigenvalue weighted by molar-refractivity contribution is 7.99. The molecule has 1 aromatic heterocycles. The van der Waals surface area contributed by atoms with Crippen LogP contribution < -0.4 is 5.32 Å². The Balaban J connectivity index is 1.27. The molecule has 1 aliphatic carbocycles. The van der Waals surface area contributed by atoms with E-state index in [-0.39, 0.29) is 5.91 Å². The predicted molar refractivity (Wildman–Crippen MR) is 112 cm³/mol.